The van der Waals surface area contributed by atoms with Crippen LogP contribution in [-0.2, 0) is 9.59 Å². The number of hydrogen-bond donors (Lipinski definition) is 0. The lowest BCUT2D eigenvalue weighted by Crippen LogP contribution is -2.55. The van der Waals surface area contributed by atoms with Crippen molar-refractivity contribution in [1.29, 1.82) is 0 Å². The molecule has 2 amide bonds. The molecule has 7 nitrogen and oxygen atoms in total. The standard InChI is InChI=1S/C22H24N2O5S/c1-15-6-8-20(30-15)16(25)7-9-21(26)23-10-12-24(13-11-23)22(27)19-14-28-17-4-2-3-5-18(17)29-19/h2-6,8,19H,7,9-14H2,1H3/t19-/m1/s1. The van der Waals surface area contributed by atoms with E-state index in [0.29, 0.717) is 42.6 Å². The molecule has 0 bridgehead atoms. The first-order valence-electron chi connectivity index (χ1n) is 10.1. The second-order valence-electron chi connectivity index (χ2n) is 7.40. The fraction of sp³-hybridized carbons (Fsp3) is 0.409. The molecule has 0 spiro atoms. The Morgan fingerprint density at radius 1 is 0.967 bits per heavy atom. The molecular weight excluding hydrogens is 404 g/mol. The van der Waals surface area contributed by atoms with Gasteiger partial charge in [-0.15, -0.1) is 11.3 Å². The quantitative estimate of drug-likeness (QED) is 0.684. The van der Waals surface area contributed by atoms with Crippen LogP contribution in [0.5, 0.6) is 11.5 Å². The van der Waals surface area contributed by atoms with Crippen LogP contribution in [0.4, 0.5) is 0 Å². The third-order valence-electron chi connectivity index (χ3n) is 5.31. The molecule has 4 rings (SSSR count). The summed E-state index contributed by atoms with van der Waals surface area (Å²) in [5, 5.41) is 0. The number of para-hydroxylation sites is 2. The first kappa shape index (κ1) is 20.4. The van der Waals surface area contributed by atoms with Crippen LogP contribution >= 0.6 is 11.3 Å². The van der Waals surface area contributed by atoms with E-state index in [9.17, 15) is 14.4 Å². The summed E-state index contributed by atoms with van der Waals surface area (Å²) in [5.74, 6) is 1.05. The van der Waals surface area contributed by atoms with Crippen molar-refractivity contribution in [2.75, 3.05) is 32.8 Å². The van der Waals surface area contributed by atoms with Crippen LogP contribution in [0, 0.1) is 6.92 Å². The van der Waals surface area contributed by atoms with Gasteiger partial charge in [-0.25, -0.2) is 0 Å². The Morgan fingerprint density at radius 3 is 2.37 bits per heavy atom. The van der Waals surface area contributed by atoms with Crippen molar-refractivity contribution in [3.63, 3.8) is 0 Å². The van der Waals surface area contributed by atoms with Crippen molar-refractivity contribution in [2.24, 2.45) is 0 Å². The van der Waals surface area contributed by atoms with E-state index in [2.05, 4.69) is 0 Å². The monoisotopic (exact) mass is 428 g/mol. The van der Waals surface area contributed by atoms with Crippen molar-refractivity contribution in [3.05, 3.63) is 46.2 Å². The number of carbonyl (C=O) groups excluding carboxylic acids is 3. The number of ether oxygens (including phenoxy) is 2. The molecule has 0 N–H and O–H groups in total. The maximum Gasteiger partial charge on any atom is 0.267 e. The Hall–Kier alpha value is -2.87. The summed E-state index contributed by atoms with van der Waals surface area (Å²) >= 11 is 1.46. The van der Waals surface area contributed by atoms with E-state index in [1.165, 1.54) is 11.3 Å². The Balaban J connectivity index is 1.24. The van der Waals surface area contributed by atoms with E-state index < -0.39 is 6.10 Å². The summed E-state index contributed by atoms with van der Waals surface area (Å²) in [6, 6.07) is 11.0. The van der Waals surface area contributed by atoms with Gasteiger partial charge in [0.2, 0.25) is 12.0 Å². The van der Waals surface area contributed by atoms with E-state index in [4.69, 9.17) is 9.47 Å². The Bertz CT molecular complexity index is 949. The summed E-state index contributed by atoms with van der Waals surface area (Å²) < 4.78 is 11.4. The molecule has 30 heavy (non-hydrogen) atoms. The van der Waals surface area contributed by atoms with Gasteiger partial charge in [0.15, 0.2) is 17.3 Å². The van der Waals surface area contributed by atoms with Gasteiger partial charge in [0.25, 0.3) is 5.91 Å². The normalized spacial score (nSPS) is 18.2. The van der Waals surface area contributed by atoms with E-state index in [0.717, 1.165) is 4.88 Å². The molecule has 1 saturated heterocycles. The highest BCUT2D eigenvalue weighted by Crippen LogP contribution is 2.31. The highest BCUT2D eigenvalue weighted by molar-refractivity contribution is 7.14. The van der Waals surface area contributed by atoms with Crippen molar-refractivity contribution in [3.8, 4) is 11.5 Å². The van der Waals surface area contributed by atoms with Crippen LogP contribution in [-0.4, -0.2) is 66.3 Å². The predicted molar refractivity (Wildman–Crippen MR) is 112 cm³/mol. The number of amides is 2. The van der Waals surface area contributed by atoms with Crippen molar-refractivity contribution >= 4 is 28.9 Å². The number of rotatable bonds is 5. The number of piperazine rings is 1. The molecule has 8 heteroatoms. The number of carbonyl (C=O) groups is 3. The maximum atomic E-state index is 12.8. The van der Waals surface area contributed by atoms with Crippen molar-refractivity contribution in [1.82, 2.24) is 9.80 Å². The molecule has 0 radical (unpaired) electrons. The molecule has 2 aliphatic heterocycles. The molecular formula is C22H24N2O5S. The van der Waals surface area contributed by atoms with Crippen molar-refractivity contribution in [2.45, 2.75) is 25.9 Å². The lowest BCUT2D eigenvalue weighted by molar-refractivity contribution is -0.146. The van der Waals surface area contributed by atoms with Gasteiger partial charge in [0, 0.05) is 43.9 Å². The molecule has 3 heterocycles. The summed E-state index contributed by atoms with van der Waals surface area (Å²) in [7, 11) is 0. The van der Waals surface area contributed by atoms with Crippen LogP contribution in [0.2, 0.25) is 0 Å². The number of aryl methyl sites for hydroxylation is 1. The van der Waals surface area contributed by atoms with Gasteiger partial charge in [0.05, 0.1) is 4.88 Å². The van der Waals surface area contributed by atoms with Crippen LogP contribution in [0.15, 0.2) is 36.4 Å². The number of benzene rings is 1. The number of Topliss-reactive ketones (excluding diaryl/α,β-unsaturated/α-hetero) is 1. The second-order valence-corrected chi connectivity index (χ2v) is 8.69. The average molecular weight is 429 g/mol. The zero-order chi connectivity index (χ0) is 21.1. The van der Waals surface area contributed by atoms with Gasteiger partial charge >= 0.3 is 0 Å². The van der Waals surface area contributed by atoms with E-state index in [1.807, 2.05) is 37.3 Å². The average Bonchev–Trinajstić information content (AvgIpc) is 3.23. The van der Waals surface area contributed by atoms with Crippen LogP contribution in [0.3, 0.4) is 0 Å². The zero-order valence-electron chi connectivity index (χ0n) is 16.8. The first-order chi connectivity index (χ1) is 14.5. The van der Waals surface area contributed by atoms with Gasteiger partial charge < -0.3 is 19.3 Å². The van der Waals surface area contributed by atoms with Gasteiger partial charge in [-0.1, -0.05) is 12.1 Å². The van der Waals surface area contributed by atoms with Crippen LogP contribution in [0.25, 0.3) is 0 Å². The Labute approximate surface area is 179 Å². The second kappa shape index (κ2) is 8.87. The minimum absolute atomic E-state index is 0.00462. The number of ketones is 1. The van der Waals surface area contributed by atoms with Crippen LogP contribution < -0.4 is 9.47 Å². The molecule has 1 fully saturated rings. The summed E-state index contributed by atoms with van der Waals surface area (Å²) in [6.45, 7) is 3.95. The highest BCUT2D eigenvalue weighted by atomic mass is 32.1. The van der Waals surface area contributed by atoms with E-state index in [1.54, 1.807) is 15.9 Å². The first-order valence-corrected chi connectivity index (χ1v) is 10.9. The molecule has 0 saturated carbocycles. The molecule has 1 aromatic carbocycles. The van der Waals surface area contributed by atoms with Gasteiger partial charge in [-0.3, -0.25) is 14.4 Å². The number of nitrogens with zero attached hydrogens (tertiary/aromatic N) is 2. The Kier molecular flexibility index (Phi) is 6.03. The summed E-state index contributed by atoms with van der Waals surface area (Å²) in [4.78, 5) is 42.7. The number of fused-ring (bicyclic) bond motifs is 1. The van der Waals surface area contributed by atoms with Crippen molar-refractivity contribution < 1.29 is 23.9 Å². The highest BCUT2D eigenvalue weighted by Gasteiger charge is 2.33. The molecule has 2 aliphatic rings. The SMILES string of the molecule is Cc1ccc(C(=O)CCC(=O)N2CCN(C(=O)[C@H]3COc4ccccc4O3)CC2)s1. The largest absolute Gasteiger partial charge is 0.485 e. The summed E-state index contributed by atoms with van der Waals surface area (Å²) in [5.41, 5.74) is 0. The fourth-order valence-corrected chi connectivity index (χ4v) is 4.44. The minimum atomic E-state index is -0.672. The van der Waals surface area contributed by atoms with Crippen LogP contribution in [0.1, 0.15) is 27.4 Å². The topological polar surface area (TPSA) is 76.2 Å². The third kappa shape index (κ3) is 4.48. The lowest BCUT2D eigenvalue weighted by atomic mass is 10.1. The minimum Gasteiger partial charge on any atom is -0.485 e. The predicted octanol–water partition coefficient (Wildman–Crippen LogP) is 2.53. The lowest BCUT2D eigenvalue weighted by Gasteiger charge is -2.37. The smallest absolute Gasteiger partial charge is 0.267 e. The zero-order valence-corrected chi connectivity index (χ0v) is 17.7. The van der Waals surface area contributed by atoms with Gasteiger partial charge in [-0.2, -0.15) is 0 Å². The third-order valence-corrected chi connectivity index (χ3v) is 6.35. The van der Waals surface area contributed by atoms with Gasteiger partial charge in [0.1, 0.15) is 6.61 Å². The van der Waals surface area contributed by atoms with E-state index >= 15 is 0 Å². The molecule has 2 aromatic rings. The Morgan fingerprint density at radius 2 is 1.67 bits per heavy atom. The van der Waals surface area contributed by atoms with Gasteiger partial charge in [-0.05, 0) is 31.2 Å². The molecule has 1 aromatic heterocycles. The molecule has 1 atom stereocenters. The molecule has 158 valence electrons. The summed E-state index contributed by atoms with van der Waals surface area (Å²) in [6.07, 6.45) is -0.265. The number of hydrogen-bond acceptors (Lipinski definition) is 6. The molecule has 0 unspecified atom stereocenters. The maximum absolute atomic E-state index is 12.8. The fourth-order valence-electron chi connectivity index (χ4n) is 3.61. The molecule has 0 aliphatic carbocycles. The van der Waals surface area contributed by atoms with E-state index in [-0.39, 0.29) is 37.0 Å². The number of thiophene rings is 1.